The van der Waals surface area contributed by atoms with Crippen LogP contribution in [0.1, 0.15) is 23.0 Å². The van der Waals surface area contributed by atoms with E-state index in [0.29, 0.717) is 28.9 Å². The highest BCUT2D eigenvalue weighted by Crippen LogP contribution is 2.34. The molecule has 1 aromatic heterocycles. The number of hydrogen-bond donors (Lipinski definition) is 1. The third-order valence-corrected chi connectivity index (χ3v) is 4.85. The normalized spacial score (nSPS) is 11.6. The predicted octanol–water partition coefficient (Wildman–Crippen LogP) is 3.89. The molecule has 1 N–H and O–H groups in total. The van der Waals surface area contributed by atoms with Crippen LogP contribution in [0.15, 0.2) is 51.8 Å². The Morgan fingerprint density at radius 1 is 1.16 bits per heavy atom. The Morgan fingerprint density at radius 2 is 1.84 bits per heavy atom. The quantitative estimate of drug-likeness (QED) is 0.742. The van der Waals surface area contributed by atoms with Gasteiger partial charge in [-0.15, -0.1) is 0 Å². The first-order valence-corrected chi connectivity index (χ1v) is 9.45. The van der Waals surface area contributed by atoms with Crippen molar-refractivity contribution in [2.24, 2.45) is 0 Å². The van der Waals surface area contributed by atoms with Crippen molar-refractivity contribution in [1.29, 1.82) is 0 Å². The van der Waals surface area contributed by atoms with E-state index in [0.717, 1.165) is 12.0 Å². The largest absolute Gasteiger partial charge is 0.478 e. The molecule has 0 unspecified atom stereocenters. The minimum absolute atomic E-state index is 0.0484. The van der Waals surface area contributed by atoms with E-state index in [4.69, 9.17) is 9.15 Å². The van der Waals surface area contributed by atoms with Crippen molar-refractivity contribution in [1.82, 2.24) is 0 Å². The maximum atomic E-state index is 11.5. The van der Waals surface area contributed by atoms with Crippen molar-refractivity contribution >= 4 is 26.8 Å². The van der Waals surface area contributed by atoms with Crippen LogP contribution in [0.25, 0.3) is 11.0 Å². The summed E-state index contributed by atoms with van der Waals surface area (Å²) < 4.78 is 34.4. The summed E-state index contributed by atoms with van der Waals surface area (Å²) in [4.78, 5) is 11.5. The number of fused-ring (bicyclic) bond motifs is 1. The standard InChI is InChI=1S/C18H16O6S/c1-3-12-10-15-16(23-12)8-11(18(19)20)9-17(15)24-13-4-6-14(7-5-13)25(2,21)22/h4-10H,3H2,1-2H3,(H,19,20). The maximum absolute atomic E-state index is 11.5. The minimum atomic E-state index is -3.29. The van der Waals surface area contributed by atoms with Gasteiger partial charge in [-0.1, -0.05) is 6.92 Å². The number of furan rings is 1. The average molecular weight is 360 g/mol. The molecule has 6 nitrogen and oxygen atoms in total. The summed E-state index contributed by atoms with van der Waals surface area (Å²) in [6, 6.07) is 10.6. The van der Waals surface area contributed by atoms with Gasteiger partial charge >= 0.3 is 5.97 Å². The number of hydrogen-bond acceptors (Lipinski definition) is 5. The maximum Gasteiger partial charge on any atom is 0.335 e. The topological polar surface area (TPSA) is 93.8 Å². The van der Waals surface area contributed by atoms with Gasteiger partial charge in [-0.25, -0.2) is 13.2 Å². The molecule has 7 heteroatoms. The summed E-state index contributed by atoms with van der Waals surface area (Å²) in [5.41, 5.74) is 0.478. The summed E-state index contributed by atoms with van der Waals surface area (Å²) >= 11 is 0. The van der Waals surface area contributed by atoms with E-state index < -0.39 is 15.8 Å². The molecule has 130 valence electrons. The van der Waals surface area contributed by atoms with Gasteiger partial charge in [0.15, 0.2) is 9.84 Å². The highest BCUT2D eigenvalue weighted by Gasteiger charge is 2.15. The molecule has 0 fully saturated rings. The second-order valence-electron chi connectivity index (χ2n) is 5.60. The van der Waals surface area contributed by atoms with E-state index in [9.17, 15) is 18.3 Å². The van der Waals surface area contributed by atoms with E-state index >= 15 is 0 Å². The molecular weight excluding hydrogens is 344 g/mol. The van der Waals surface area contributed by atoms with E-state index in [1.54, 1.807) is 6.07 Å². The van der Waals surface area contributed by atoms with Crippen molar-refractivity contribution < 1.29 is 27.5 Å². The highest BCUT2D eigenvalue weighted by atomic mass is 32.2. The third-order valence-electron chi connectivity index (χ3n) is 3.73. The first-order valence-electron chi connectivity index (χ1n) is 7.55. The minimum Gasteiger partial charge on any atom is -0.478 e. The first kappa shape index (κ1) is 17.0. The van der Waals surface area contributed by atoms with Crippen LogP contribution >= 0.6 is 0 Å². The first-order chi connectivity index (χ1) is 11.8. The molecule has 0 aliphatic rings. The van der Waals surface area contributed by atoms with Gasteiger partial charge < -0.3 is 14.3 Å². The smallest absolute Gasteiger partial charge is 0.335 e. The summed E-state index contributed by atoms with van der Waals surface area (Å²) in [7, 11) is -3.29. The van der Waals surface area contributed by atoms with Crippen molar-refractivity contribution in [3.8, 4) is 11.5 Å². The van der Waals surface area contributed by atoms with Crippen LogP contribution in [-0.2, 0) is 16.3 Å². The number of aryl methyl sites for hydroxylation is 1. The molecule has 1 heterocycles. The second-order valence-corrected chi connectivity index (χ2v) is 7.62. The van der Waals surface area contributed by atoms with Gasteiger partial charge in [0.2, 0.25) is 0 Å². The molecule has 0 saturated heterocycles. The monoisotopic (exact) mass is 360 g/mol. The SMILES string of the molecule is CCc1cc2c(Oc3ccc(S(C)(=O)=O)cc3)cc(C(=O)O)cc2o1. The Kier molecular flexibility index (Phi) is 4.26. The van der Waals surface area contributed by atoms with E-state index in [2.05, 4.69) is 0 Å². The number of ether oxygens (including phenoxy) is 1. The lowest BCUT2D eigenvalue weighted by molar-refractivity contribution is 0.0696. The average Bonchev–Trinajstić information content (AvgIpc) is 2.98. The Morgan fingerprint density at radius 3 is 2.40 bits per heavy atom. The van der Waals surface area contributed by atoms with Gasteiger partial charge in [0.1, 0.15) is 22.8 Å². The van der Waals surface area contributed by atoms with Crippen LogP contribution in [-0.4, -0.2) is 25.7 Å². The number of aromatic carboxylic acids is 1. The molecular formula is C18H16O6S. The molecule has 0 spiro atoms. The van der Waals surface area contributed by atoms with Crippen molar-refractivity contribution in [2.75, 3.05) is 6.26 Å². The summed E-state index contributed by atoms with van der Waals surface area (Å²) in [6.45, 7) is 1.93. The number of rotatable bonds is 5. The lowest BCUT2D eigenvalue weighted by atomic mass is 10.1. The summed E-state index contributed by atoms with van der Waals surface area (Å²) in [5, 5.41) is 9.92. The number of carboxylic acid groups (broad SMARTS) is 1. The Labute approximate surface area is 144 Å². The van der Waals surface area contributed by atoms with Crippen LogP contribution in [0, 0.1) is 0 Å². The van der Waals surface area contributed by atoms with Crippen LogP contribution in [0.3, 0.4) is 0 Å². The van der Waals surface area contributed by atoms with Crippen LogP contribution in [0.4, 0.5) is 0 Å². The molecule has 0 radical (unpaired) electrons. The third kappa shape index (κ3) is 3.51. The number of sulfone groups is 1. The van der Waals surface area contributed by atoms with Crippen LogP contribution < -0.4 is 4.74 Å². The fourth-order valence-electron chi connectivity index (χ4n) is 2.42. The predicted molar refractivity (Wildman–Crippen MR) is 92.2 cm³/mol. The lowest BCUT2D eigenvalue weighted by Crippen LogP contribution is -1.98. The molecule has 0 bridgehead atoms. The Bertz CT molecular complexity index is 1050. The Hall–Kier alpha value is -2.80. The van der Waals surface area contributed by atoms with Crippen molar-refractivity contribution in [2.45, 2.75) is 18.2 Å². The zero-order valence-electron chi connectivity index (χ0n) is 13.6. The number of benzene rings is 2. The zero-order valence-corrected chi connectivity index (χ0v) is 14.5. The van der Waals surface area contributed by atoms with E-state index in [1.165, 1.54) is 36.4 Å². The molecule has 3 rings (SSSR count). The van der Waals surface area contributed by atoms with Crippen molar-refractivity contribution in [3.05, 3.63) is 53.8 Å². The molecule has 0 aliphatic carbocycles. The summed E-state index contributed by atoms with van der Waals surface area (Å²) in [6.07, 6.45) is 1.79. The Balaban J connectivity index is 2.05. The molecule has 2 aromatic carbocycles. The van der Waals surface area contributed by atoms with Crippen LogP contribution in [0.2, 0.25) is 0 Å². The van der Waals surface area contributed by atoms with Gasteiger partial charge in [0.25, 0.3) is 0 Å². The van der Waals surface area contributed by atoms with Gasteiger partial charge in [-0.2, -0.15) is 0 Å². The summed E-state index contributed by atoms with van der Waals surface area (Å²) in [5.74, 6) is 0.365. The lowest BCUT2D eigenvalue weighted by Gasteiger charge is -2.08. The van der Waals surface area contributed by atoms with Gasteiger partial charge in [0, 0.05) is 12.7 Å². The molecule has 0 aliphatic heterocycles. The molecule has 0 atom stereocenters. The van der Waals surface area contributed by atoms with E-state index in [-0.39, 0.29) is 10.5 Å². The second kappa shape index (κ2) is 6.25. The fraction of sp³-hybridized carbons (Fsp3) is 0.167. The van der Waals surface area contributed by atoms with Gasteiger partial charge in [-0.3, -0.25) is 0 Å². The number of carbonyl (C=O) groups is 1. The molecule has 0 saturated carbocycles. The molecule has 25 heavy (non-hydrogen) atoms. The highest BCUT2D eigenvalue weighted by molar-refractivity contribution is 7.90. The van der Waals surface area contributed by atoms with E-state index in [1.807, 2.05) is 6.92 Å². The van der Waals surface area contributed by atoms with Gasteiger partial charge in [0.05, 0.1) is 15.8 Å². The fourth-order valence-corrected chi connectivity index (χ4v) is 3.05. The van der Waals surface area contributed by atoms with Crippen LogP contribution in [0.5, 0.6) is 11.5 Å². The molecule has 0 amide bonds. The van der Waals surface area contributed by atoms with Gasteiger partial charge in [-0.05, 0) is 42.5 Å². The number of carboxylic acids is 1. The van der Waals surface area contributed by atoms with Crippen molar-refractivity contribution in [3.63, 3.8) is 0 Å². The molecule has 3 aromatic rings. The zero-order chi connectivity index (χ0) is 18.2.